The average Bonchev–Trinajstić information content (AvgIpc) is 3.01. The minimum absolute atomic E-state index is 0.0979. The molecule has 6 heteroatoms. The number of benzene rings is 2. The van der Waals surface area contributed by atoms with Crippen molar-refractivity contribution in [1.82, 2.24) is 14.8 Å². The predicted octanol–water partition coefficient (Wildman–Crippen LogP) is 2.39. The first kappa shape index (κ1) is 17.3. The number of hydrogen-bond donors (Lipinski definition) is 2. The summed E-state index contributed by atoms with van der Waals surface area (Å²) in [7, 11) is 0. The molecule has 0 spiro atoms. The van der Waals surface area contributed by atoms with E-state index >= 15 is 0 Å². The summed E-state index contributed by atoms with van der Waals surface area (Å²) in [5, 5.41) is 24.1. The highest BCUT2D eigenvalue weighted by molar-refractivity contribution is 5.30. The Balaban J connectivity index is 1.93. The highest BCUT2D eigenvalue weighted by atomic mass is 19.1. The lowest BCUT2D eigenvalue weighted by Crippen LogP contribution is -2.10. The molecule has 0 fully saturated rings. The van der Waals surface area contributed by atoms with E-state index in [1.165, 1.54) is 12.1 Å². The number of aliphatic hydroxyl groups excluding tert-OH is 2. The second-order valence-corrected chi connectivity index (χ2v) is 5.89. The van der Waals surface area contributed by atoms with Gasteiger partial charge in [-0.2, -0.15) is 5.10 Å². The summed E-state index contributed by atoms with van der Waals surface area (Å²) < 4.78 is 15.1. The first-order valence-corrected chi connectivity index (χ1v) is 8.11. The van der Waals surface area contributed by atoms with Gasteiger partial charge >= 0.3 is 0 Å². The number of aryl methyl sites for hydroxylation is 1. The molecule has 0 bridgehead atoms. The Labute approximate surface area is 145 Å². The Morgan fingerprint density at radius 2 is 1.92 bits per heavy atom. The number of aromatic nitrogens is 3. The number of hydrogen-bond acceptors (Lipinski definition) is 4. The van der Waals surface area contributed by atoms with Gasteiger partial charge in [0.05, 0.1) is 13.2 Å². The number of aliphatic hydroxyl groups is 2. The van der Waals surface area contributed by atoms with Crippen LogP contribution in [0, 0.1) is 12.7 Å². The standard InChI is InChI=1S/C19H20FN3O2/c1-13-7-8-16(20)11-15(13)12-17-21-19(22-23(17)9-10-24)18(25)14-5-3-2-4-6-14/h2-8,11,18,24-25H,9-10,12H2,1H3. The summed E-state index contributed by atoms with van der Waals surface area (Å²) in [6.07, 6.45) is -0.577. The first-order chi connectivity index (χ1) is 12.1. The van der Waals surface area contributed by atoms with E-state index in [1.54, 1.807) is 22.9 Å². The van der Waals surface area contributed by atoms with Crippen molar-refractivity contribution in [3.05, 3.63) is 82.7 Å². The third-order valence-electron chi connectivity index (χ3n) is 4.10. The number of halogens is 1. The molecule has 1 atom stereocenters. The molecule has 1 unspecified atom stereocenters. The molecule has 0 saturated heterocycles. The van der Waals surface area contributed by atoms with Gasteiger partial charge in [-0.25, -0.2) is 14.1 Å². The molecule has 3 rings (SSSR count). The molecule has 0 radical (unpaired) electrons. The van der Waals surface area contributed by atoms with Crippen LogP contribution < -0.4 is 0 Å². The second kappa shape index (κ2) is 7.55. The molecule has 0 amide bonds. The van der Waals surface area contributed by atoms with Gasteiger partial charge in [0.1, 0.15) is 17.7 Å². The van der Waals surface area contributed by atoms with Gasteiger partial charge < -0.3 is 10.2 Å². The van der Waals surface area contributed by atoms with Crippen LogP contribution >= 0.6 is 0 Å². The summed E-state index contributed by atoms with van der Waals surface area (Å²) in [5.74, 6) is 0.537. The van der Waals surface area contributed by atoms with Crippen molar-refractivity contribution in [3.63, 3.8) is 0 Å². The van der Waals surface area contributed by atoms with Crippen molar-refractivity contribution in [3.8, 4) is 0 Å². The van der Waals surface area contributed by atoms with Crippen LogP contribution in [0.15, 0.2) is 48.5 Å². The lowest BCUT2D eigenvalue weighted by atomic mass is 10.1. The van der Waals surface area contributed by atoms with Crippen molar-refractivity contribution in [1.29, 1.82) is 0 Å². The van der Waals surface area contributed by atoms with Gasteiger partial charge in [0.2, 0.25) is 0 Å². The van der Waals surface area contributed by atoms with E-state index in [9.17, 15) is 14.6 Å². The van der Waals surface area contributed by atoms with E-state index < -0.39 is 6.10 Å². The van der Waals surface area contributed by atoms with E-state index in [0.717, 1.165) is 11.1 Å². The Bertz CT molecular complexity index is 849. The quantitative estimate of drug-likeness (QED) is 0.722. The summed E-state index contributed by atoms with van der Waals surface area (Å²) in [6, 6.07) is 13.7. The van der Waals surface area contributed by atoms with E-state index in [-0.39, 0.29) is 24.8 Å². The van der Waals surface area contributed by atoms with Gasteiger partial charge in [-0.05, 0) is 35.7 Å². The third-order valence-corrected chi connectivity index (χ3v) is 4.10. The molecule has 2 N–H and O–H groups in total. The fourth-order valence-corrected chi connectivity index (χ4v) is 2.70. The van der Waals surface area contributed by atoms with Gasteiger partial charge in [0.25, 0.3) is 0 Å². The molecule has 25 heavy (non-hydrogen) atoms. The molecule has 5 nitrogen and oxygen atoms in total. The molecule has 130 valence electrons. The number of nitrogens with zero attached hydrogens (tertiary/aromatic N) is 3. The minimum Gasteiger partial charge on any atom is -0.394 e. The summed E-state index contributed by atoms with van der Waals surface area (Å²) in [4.78, 5) is 4.44. The second-order valence-electron chi connectivity index (χ2n) is 5.89. The largest absolute Gasteiger partial charge is 0.394 e. The zero-order chi connectivity index (χ0) is 17.8. The van der Waals surface area contributed by atoms with Crippen LogP contribution in [0.25, 0.3) is 0 Å². The lowest BCUT2D eigenvalue weighted by Gasteiger charge is -2.07. The van der Waals surface area contributed by atoms with Crippen LogP contribution in [-0.4, -0.2) is 31.6 Å². The average molecular weight is 341 g/mol. The predicted molar refractivity (Wildman–Crippen MR) is 91.6 cm³/mol. The van der Waals surface area contributed by atoms with Gasteiger partial charge in [-0.3, -0.25) is 0 Å². The molecule has 0 saturated carbocycles. The van der Waals surface area contributed by atoms with Crippen LogP contribution in [0.5, 0.6) is 0 Å². The lowest BCUT2D eigenvalue weighted by molar-refractivity contribution is 0.208. The van der Waals surface area contributed by atoms with Crippen LogP contribution in [0.3, 0.4) is 0 Å². The maximum atomic E-state index is 13.5. The van der Waals surface area contributed by atoms with Crippen molar-refractivity contribution in [2.45, 2.75) is 26.0 Å². The van der Waals surface area contributed by atoms with Crippen molar-refractivity contribution in [2.24, 2.45) is 0 Å². The topological polar surface area (TPSA) is 71.2 Å². The Morgan fingerprint density at radius 3 is 2.64 bits per heavy atom. The first-order valence-electron chi connectivity index (χ1n) is 8.11. The van der Waals surface area contributed by atoms with Crippen molar-refractivity contribution >= 4 is 0 Å². The van der Waals surface area contributed by atoms with Crippen molar-refractivity contribution in [2.75, 3.05) is 6.61 Å². The summed E-state index contributed by atoms with van der Waals surface area (Å²) in [6.45, 7) is 2.07. The van der Waals surface area contributed by atoms with E-state index in [0.29, 0.717) is 17.8 Å². The molecule has 0 aliphatic heterocycles. The van der Waals surface area contributed by atoms with Gasteiger partial charge in [0, 0.05) is 6.42 Å². The molecule has 3 aromatic rings. The van der Waals surface area contributed by atoms with Crippen LogP contribution in [0.4, 0.5) is 4.39 Å². The fraction of sp³-hybridized carbons (Fsp3) is 0.263. The molecule has 0 aliphatic carbocycles. The third kappa shape index (κ3) is 3.92. The molecular formula is C19H20FN3O2. The van der Waals surface area contributed by atoms with Gasteiger partial charge in [0.15, 0.2) is 5.82 Å². The highest BCUT2D eigenvalue weighted by Crippen LogP contribution is 2.21. The van der Waals surface area contributed by atoms with Gasteiger partial charge in [-0.15, -0.1) is 0 Å². The monoisotopic (exact) mass is 341 g/mol. The van der Waals surface area contributed by atoms with Crippen LogP contribution in [0.1, 0.15) is 34.4 Å². The number of rotatable bonds is 6. The summed E-state index contributed by atoms with van der Waals surface area (Å²) >= 11 is 0. The zero-order valence-electron chi connectivity index (χ0n) is 13.9. The maximum absolute atomic E-state index is 13.5. The normalized spacial score (nSPS) is 12.3. The van der Waals surface area contributed by atoms with E-state index in [1.807, 2.05) is 25.1 Å². The van der Waals surface area contributed by atoms with E-state index in [2.05, 4.69) is 10.1 Å². The fourth-order valence-electron chi connectivity index (χ4n) is 2.70. The van der Waals surface area contributed by atoms with E-state index in [4.69, 9.17) is 0 Å². The molecule has 1 aromatic heterocycles. The molecule has 2 aromatic carbocycles. The van der Waals surface area contributed by atoms with Crippen molar-refractivity contribution < 1.29 is 14.6 Å². The molecule has 0 aliphatic rings. The Kier molecular flexibility index (Phi) is 5.21. The highest BCUT2D eigenvalue weighted by Gasteiger charge is 2.19. The maximum Gasteiger partial charge on any atom is 0.183 e. The van der Waals surface area contributed by atoms with Crippen LogP contribution in [0.2, 0.25) is 0 Å². The Hall–Kier alpha value is -2.57. The molecule has 1 heterocycles. The SMILES string of the molecule is Cc1ccc(F)cc1Cc1nc(C(O)c2ccccc2)nn1CCO. The zero-order valence-corrected chi connectivity index (χ0v) is 13.9. The van der Waals surface area contributed by atoms with Gasteiger partial charge in [-0.1, -0.05) is 36.4 Å². The Morgan fingerprint density at radius 1 is 1.16 bits per heavy atom. The van der Waals surface area contributed by atoms with Crippen LogP contribution in [-0.2, 0) is 13.0 Å². The smallest absolute Gasteiger partial charge is 0.183 e. The minimum atomic E-state index is -0.950. The molecular weight excluding hydrogens is 321 g/mol. The summed E-state index contributed by atoms with van der Waals surface area (Å²) in [5.41, 5.74) is 2.44.